The lowest BCUT2D eigenvalue weighted by molar-refractivity contribution is -0.136. The molecule has 6 atom stereocenters. The molecule has 5 rings (SSSR count). The number of carbonyl (C=O) groups excluding carboxylic acids is 11. The third-order valence-corrected chi connectivity index (χ3v) is 15.3. The summed E-state index contributed by atoms with van der Waals surface area (Å²) in [7, 11) is 0. The average molecular weight is 1330 g/mol. The first-order valence-electron chi connectivity index (χ1n) is 30.6. The van der Waals surface area contributed by atoms with Crippen molar-refractivity contribution in [2.75, 3.05) is 38.5 Å². The summed E-state index contributed by atoms with van der Waals surface area (Å²) < 4.78 is 0. The summed E-state index contributed by atoms with van der Waals surface area (Å²) in [6.45, 7) is 5.36. The number of phenols is 1. The van der Waals surface area contributed by atoms with Crippen LogP contribution in [0.1, 0.15) is 109 Å². The highest BCUT2D eigenvalue weighted by atomic mass is 32.1. The Morgan fingerprint density at radius 2 is 1.19 bits per heavy atom. The van der Waals surface area contributed by atoms with Gasteiger partial charge in [-0.15, -0.1) is 0 Å². The van der Waals surface area contributed by atoms with Gasteiger partial charge in [-0.3, -0.25) is 62.7 Å². The summed E-state index contributed by atoms with van der Waals surface area (Å²) in [6.07, 6.45) is 4.46. The number of nitrogens with two attached hydrogens (primary N) is 5. The van der Waals surface area contributed by atoms with Gasteiger partial charge in [0.05, 0.1) is 18.7 Å². The molecule has 0 aliphatic heterocycles. The van der Waals surface area contributed by atoms with Crippen molar-refractivity contribution in [2.24, 2.45) is 50.5 Å². The first kappa shape index (κ1) is 75.1. The molecule has 21 N–H and O–H groups in total. The molecule has 3 aromatic rings. The number of guanidine groups is 2. The van der Waals surface area contributed by atoms with Gasteiger partial charge in [0, 0.05) is 43.8 Å². The molecular formula is C64H84N16O14S. The average Bonchev–Trinajstić information content (AvgIpc) is 0.750. The third kappa shape index (κ3) is 23.8. The molecule has 0 fully saturated rings. The van der Waals surface area contributed by atoms with Crippen LogP contribution in [0.3, 0.4) is 0 Å². The lowest BCUT2D eigenvalue weighted by Crippen LogP contribution is -2.60. The highest BCUT2D eigenvalue weighted by molar-refractivity contribution is 7.80. The maximum Gasteiger partial charge on any atom is 0.336 e. The number of hydrogen-bond acceptors (Lipinski definition) is 16. The molecule has 0 spiro atoms. The number of carbonyl (C=O) groups is 12. The molecule has 2 aliphatic carbocycles. The Balaban J connectivity index is 1.30. The van der Waals surface area contributed by atoms with Crippen LogP contribution in [0.25, 0.3) is 5.57 Å². The minimum absolute atomic E-state index is 0.00587. The standard InChI is InChI=1S/C64H84N16O14S/c1-33(2)24-47(59(90)77-45(12-8-21-71-63(66)67)57(88)76-46(13-9-22-72-64(68)69)58(89)80-54(34(3)4)61(92)79-49(32-95)56(87)70-23-20-50(65)83)78-60(91)48(25-35-10-6-5-7-11-35)75-52(85)31-73-51(84)30-74-55(86)36-14-17-43(44(29-36)62(93)94)53-41-18-15-39(81)27-37(41)26-38-28-40(82)16-19-42(38)53/h5-7,10-11,14-19,27-29,33-34,45-49,54,81,95H,8-9,12-13,20-26,30-32H2,1-4H3,(H2,65,83)(H,70,87)(H,73,84)(H,74,86)(H,75,85)(H,76,88)(H,77,90)(H,78,91)(H,79,92)(H,80,89)(H,93,94)(H4,66,67,71)(H4,68,69,72)/t45-,46-,47-,48+,49-,54-/m0/s1. The van der Waals surface area contributed by atoms with E-state index in [1.54, 1.807) is 70.2 Å². The van der Waals surface area contributed by atoms with E-state index in [1.165, 1.54) is 36.4 Å². The molecular weight excluding hydrogens is 1250 g/mol. The third-order valence-electron chi connectivity index (χ3n) is 14.9. The van der Waals surface area contributed by atoms with Gasteiger partial charge >= 0.3 is 5.97 Å². The molecule has 2 aliphatic rings. The lowest BCUT2D eigenvalue weighted by Gasteiger charge is -2.29. The van der Waals surface area contributed by atoms with Gasteiger partial charge in [0.2, 0.25) is 53.2 Å². The summed E-state index contributed by atoms with van der Waals surface area (Å²) >= 11 is 4.18. The van der Waals surface area contributed by atoms with Crippen molar-refractivity contribution in [3.05, 3.63) is 129 Å². The molecule has 0 saturated carbocycles. The van der Waals surface area contributed by atoms with Gasteiger partial charge in [0.1, 0.15) is 42.0 Å². The van der Waals surface area contributed by atoms with E-state index in [4.69, 9.17) is 28.7 Å². The number of nitrogens with zero attached hydrogens (tertiary/aromatic N) is 2. The number of primary amides is 1. The second kappa shape index (κ2) is 36.6. The Bertz CT molecular complexity index is 3530. The second-order valence-corrected chi connectivity index (χ2v) is 23.6. The van der Waals surface area contributed by atoms with E-state index in [2.05, 4.69) is 70.5 Å². The first-order chi connectivity index (χ1) is 45.0. The molecule has 0 heterocycles. The van der Waals surface area contributed by atoms with Crippen LogP contribution in [0.5, 0.6) is 5.75 Å². The number of benzene rings is 3. The minimum atomic E-state index is -1.42. The van der Waals surface area contributed by atoms with Gasteiger partial charge in [-0.1, -0.05) is 76.2 Å². The van der Waals surface area contributed by atoms with Gasteiger partial charge in [0.15, 0.2) is 17.7 Å². The van der Waals surface area contributed by atoms with Crippen LogP contribution < -0.4 is 76.5 Å². The smallest absolute Gasteiger partial charge is 0.336 e. The Morgan fingerprint density at radius 3 is 1.78 bits per heavy atom. The number of aliphatic imine (C=N–C) groups is 2. The number of hydrogen-bond donors (Lipinski definition) is 17. The Kier molecular flexibility index (Phi) is 28.9. The minimum Gasteiger partial charge on any atom is -0.508 e. The molecule has 0 saturated heterocycles. The number of rotatable bonds is 36. The van der Waals surface area contributed by atoms with Crippen molar-refractivity contribution < 1.29 is 67.7 Å². The summed E-state index contributed by atoms with van der Waals surface area (Å²) in [5.74, 6) is -11.2. The van der Waals surface area contributed by atoms with Crippen molar-refractivity contribution in [2.45, 2.75) is 115 Å². The lowest BCUT2D eigenvalue weighted by atomic mass is 9.76. The zero-order chi connectivity index (χ0) is 70.1. The SMILES string of the molecule is CC(C)C[C@H](NC(=O)[C@@H](Cc1ccccc1)NC(=O)CNC(=O)CNC(=O)c1ccc(C2=C3C=CC(=O)C=C3Cc3cc(O)ccc32)c(C(=O)O)c1)C(=O)N[C@@H](CCCN=C(N)N)C(=O)N[C@@H](CCCN=C(N)N)C(=O)N[C@H](C(=O)N[C@@H](CS)C(=O)NCCC(N)=O)C(C)C. The zero-order valence-corrected chi connectivity index (χ0v) is 54.0. The number of carboxylic acids is 1. The molecule has 510 valence electrons. The van der Waals surface area contributed by atoms with Crippen molar-refractivity contribution >= 4 is 101 Å². The predicted octanol–water partition coefficient (Wildman–Crippen LogP) is -1.76. The van der Waals surface area contributed by atoms with E-state index in [-0.39, 0.29) is 116 Å². The van der Waals surface area contributed by atoms with Crippen LogP contribution in [-0.4, -0.2) is 168 Å². The van der Waals surface area contributed by atoms with E-state index in [9.17, 15) is 67.7 Å². The normalized spacial score (nSPS) is 14.1. The fourth-order valence-corrected chi connectivity index (χ4v) is 10.5. The zero-order valence-electron chi connectivity index (χ0n) is 53.1. The van der Waals surface area contributed by atoms with E-state index >= 15 is 0 Å². The van der Waals surface area contributed by atoms with Gasteiger partial charge in [-0.25, -0.2) is 4.79 Å². The predicted molar refractivity (Wildman–Crippen MR) is 355 cm³/mol. The first-order valence-corrected chi connectivity index (χ1v) is 31.2. The van der Waals surface area contributed by atoms with Crippen LogP contribution in [0, 0.1) is 11.8 Å². The molecule has 0 radical (unpaired) electrons. The Labute approximate surface area is 553 Å². The largest absolute Gasteiger partial charge is 0.508 e. The molecule has 3 aromatic carbocycles. The summed E-state index contributed by atoms with van der Waals surface area (Å²) in [5.41, 5.74) is 30.7. The van der Waals surface area contributed by atoms with Crippen LogP contribution in [0.4, 0.5) is 0 Å². The maximum absolute atomic E-state index is 14.5. The van der Waals surface area contributed by atoms with Crippen molar-refractivity contribution in [3.63, 3.8) is 0 Å². The van der Waals surface area contributed by atoms with Gasteiger partial charge < -0.3 is 86.7 Å². The molecule has 30 nitrogen and oxygen atoms in total. The van der Waals surface area contributed by atoms with Gasteiger partial charge in [0.25, 0.3) is 5.91 Å². The maximum atomic E-state index is 14.5. The molecule has 0 unspecified atom stereocenters. The molecule has 0 bridgehead atoms. The quantitative estimate of drug-likeness (QED) is 0.0133. The van der Waals surface area contributed by atoms with Crippen molar-refractivity contribution in [1.82, 2.24) is 47.9 Å². The molecule has 95 heavy (non-hydrogen) atoms. The fourth-order valence-electron chi connectivity index (χ4n) is 10.2. The van der Waals surface area contributed by atoms with Gasteiger partial charge in [-0.2, -0.15) is 12.6 Å². The number of ketones is 1. The number of aromatic carboxylic acids is 1. The number of allylic oxidation sites excluding steroid dienone is 5. The monoisotopic (exact) mass is 1330 g/mol. The molecule has 31 heteroatoms. The Morgan fingerprint density at radius 1 is 0.611 bits per heavy atom. The number of thiol groups is 1. The number of amides is 10. The summed E-state index contributed by atoms with van der Waals surface area (Å²) in [5, 5.41) is 43.9. The molecule has 0 aromatic heterocycles. The Hall–Kier alpha value is -10.6. The fraction of sp³-hybridized carbons (Fsp3) is 0.406. The number of phenolic OH excluding ortho intramolecular Hbond substituents is 1. The highest BCUT2D eigenvalue weighted by Gasteiger charge is 2.35. The number of carboxylic acid groups (broad SMARTS) is 1. The summed E-state index contributed by atoms with van der Waals surface area (Å²) in [6, 6.07) is 9.11. The van der Waals surface area contributed by atoms with Crippen LogP contribution in [0.2, 0.25) is 0 Å². The van der Waals surface area contributed by atoms with Gasteiger partial charge in [-0.05, 0) is 126 Å². The summed E-state index contributed by atoms with van der Waals surface area (Å²) in [4.78, 5) is 169. The van der Waals surface area contributed by atoms with Crippen molar-refractivity contribution in [3.8, 4) is 5.75 Å². The molecule has 10 amide bonds. The van der Waals surface area contributed by atoms with Crippen LogP contribution >= 0.6 is 12.6 Å². The van der Waals surface area contributed by atoms with E-state index in [1.807, 2.05) is 0 Å². The van der Waals surface area contributed by atoms with E-state index < -0.39 is 120 Å². The topological polar surface area (TPSA) is 508 Å². The number of fused-ring (bicyclic) bond motifs is 2. The number of nitrogens with one attached hydrogen (secondary N) is 9. The number of aromatic hydroxyl groups is 1. The second-order valence-electron chi connectivity index (χ2n) is 23.2. The highest BCUT2D eigenvalue weighted by Crippen LogP contribution is 2.42. The van der Waals surface area contributed by atoms with E-state index in [0.717, 1.165) is 6.07 Å². The van der Waals surface area contributed by atoms with Crippen LogP contribution in [0.15, 0.2) is 106 Å². The van der Waals surface area contributed by atoms with E-state index in [0.29, 0.717) is 39.8 Å². The van der Waals surface area contributed by atoms with Crippen molar-refractivity contribution in [1.29, 1.82) is 0 Å². The van der Waals surface area contributed by atoms with Crippen LogP contribution in [-0.2, 0) is 60.8 Å².